The summed E-state index contributed by atoms with van der Waals surface area (Å²) < 4.78 is 33.2. The van der Waals surface area contributed by atoms with Gasteiger partial charge >= 0.3 is 0 Å². The Balaban J connectivity index is 1.72. The van der Waals surface area contributed by atoms with Crippen LogP contribution in [0.2, 0.25) is 0 Å². The van der Waals surface area contributed by atoms with Gasteiger partial charge in [-0.1, -0.05) is 19.3 Å². The van der Waals surface area contributed by atoms with E-state index in [-0.39, 0.29) is 23.3 Å². The Hall–Kier alpha value is -2.05. The van der Waals surface area contributed by atoms with Gasteiger partial charge in [0.15, 0.2) is 0 Å². The van der Waals surface area contributed by atoms with Crippen molar-refractivity contribution in [2.45, 2.75) is 50.0 Å². The van der Waals surface area contributed by atoms with Crippen molar-refractivity contribution < 1.29 is 28.0 Å². The number of hydroxylamine groups is 1. The van der Waals surface area contributed by atoms with Crippen molar-refractivity contribution in [1.29, 1.82) is 0 Å². The van der Waals surface area contributed by atoms with Crippen LogP contribution in [0.1, 0.15) is 39.0 Å². The van der Waals surface area contributed by atoms with Crippen LogP contribution in [0.25, 0.3) is 0 Å². The largest absolute Gasteiger partial charge is 0.379 e. The number of anilines is 1. The zero-order valence-corrected chi connectivity index (χ0v) is 19.8. The third-order valence-corrected chi connectivity index (χ3v) is 8.35. The zero-order chi connectivity index (χ0) is 23.8. The molecule has 0 aromatic heterocycles. The zero-order valence-electron chi connectivity index (χ0n) is 19.0. The van der Waals surface area contributed by atoms with E-state index in [2.05, 4.69) is 10.2 Å². The van der Waals surface area contributed by atoms with Crippen LogP contribution in [0, 0.1) is 5.92 Å². The predicted molar refractivity (Wildman–Crippen MR) is 122 cm³/mol. The molecule has 2 fully saturated rings. The minimum absolute atomic E-state index is 0.00400. The van der Waals surface area contributed by atoms with Gasteiger partial charge in [0.25, 0.3) is 5.91 Å². The standard InChI is InChI=1S/C22H34N4O6S/c1-17(21(27)24-29)26(12-11-25-13-15-32-16-14-25)33(30,31)20-9-7-19(8-10-20)23-22(28)18-5-3-2-4-6-18/h7-10,17-18,29H,2-6,11-16H2,1H3,(H,23,28)(H,24,27)/t17-/m1/s1. The molecule has 1 atom stereocenters. The van der Waals surface area contributed by atoms with Gasteiger partial charge in [-0.3, -0.25) is 19.7 Å². The Morgan fingerprint density at radius 2 is 1.79 bits per heavy atom. The quantitative estimate of drug-likeness (QED) is 0.359. The van der Waals surface area contributed by atoms with Gasteiger partial charge in [-0.15, -0.1) is 0 Å². The Morgan fingerprint density at radius 3 is 2.39 bits per heavy atom. The number of morpholine rings is 1. The van der Waals surface area contributed by atoms with E-state index < -0.39 is 22.0 Å². The lowest BCUT2D eigenvalue weighted by Gasteiger charge is -2.31. The number of benzene rings is 1. The van der Waals surface area contributed by atoms with Crippen LogP contribution in [0.4, 0.5) is 5.69 Å². The van der Waals surface area contributed by atoms with E-state index >= 15 is 0 Å². The minimum atomic E-state index is -4.03. The summed E-state index contributed by atoms with van der Waals surface area (Å²) in [5.41, 5.74) is 2.08. The van der Waals surface area contributed by atoms with Gasteiger partial charge in [-0.25, -0.2) is 13.9 Å². The summed E-state index contributed by atoms with van der Waals surface area (Å²) >= 11 is 0. The van der Waals surface area contributed by atoms with E-state index in [0.717, 1.165) is 36.4 Å². The fourth-order valence-electron chi connectivity index (χ4n) is 4.27. The molecule has 33 heavy (non-hydrogen) atoms. The number of nitrogens with zero attached hydrogens (tertiary/aromatic N) is 2. The van der Waals surface area contributed by atoms with Crippen molar-refractivity contribution >= 4 is 27.5 Å². The SMILES string of the molecule is C[C@H](C(=O)NO)N(CCN1CCOCC1)S(=O)(=O)c1ccc(NC(=O)C2CCCCC2)cc1. The van der Waals surface area contributed by atoms with Gasteiger partial charge in [0.05, 0.1) is 18.1 Å². The molecule has 1 saturated heterocycles. The number of amides is 2. The topological polar surface area (TPSA) is 128 Å². The summed E-state index contributed by atoms with van der Waals surface area (Å²) in [6, 6.07) is 4.87. The first-order valence-corrected chi connectivity index (χ1v) is 12.9. The van der Waals surface area contributed by atoms with Gasteiger partial charge in [0.1, 0.15) is 6.04 Å². The van der Waals surface area contributed by atoms with Gasteiger partial charge in [0.2, 0.25) is 15.9 Å². The third-order valence-electron chi connectivity index (χ3n) is 6.37. The highest BCUT2D eigenvalue weighted by molar-refractivity contribution is 7.89. The van der Waals surface area contributed by atoms with Crippen molar-refractivity contribution in [2.75, 3.05) is 44.7 Å². The van der Waals surface area contributed by atoms with E-state index in [1.54, 1.807) is 17.6 Å². The molecule has 2 aliphatic rings. The van der Waals surface area contributed by atoms with E-state index in [9.17, 15) is 18.0 Å². The van der Waals surface area contributed by atoms with E-state index in [1.165, 1.54) is 19.1 Å². The first-order valence-electron chi connectivity index (χ1n) is 11.5. The lowest BCUT2D eigenvalue weighted by atomic mass is 9.88. The molecule has 10 nitrogen and oxygen atoms in total. The molecule has 0 radical (unpaired) electrons. The number of rotatable bonds is 9. The van der Waals surface area contributed by atoms with Gasteiger partial charge in [-0.2, -0.15) is 4.31 Å². The highest BCUT2D eigenvalue weighted by Crippen LogP contribution is 2.26. The fourth-order valence-corrected chi connectivity index (χ4v) is 5.85. The number of ether oxygens (including phenoxy) is 1. The molecule has 184 valence electrons. The summed E-state index contributed by atoms with van der Waals surface area (Å²) in [5, 5.41) is 11.9. The van der Waals surface area contributed by atoms with Gasteiger partial charge in [0, 0.05) is 37.8 Å². The van der Waals surface area contributed by atoms with Crippen LogP contribution in [-0.4, -0.2) is 80.1 Å². The molecule has 1 aromatic carbocycles. The van der Waals surface area contributed by atoms with Gasteiger partial charge in [-0.05, 0) is 44.0 Å². The minimum Gasteiger partial charge on any atom is -0.379 e. The number of carbonyl (C=O) groups excluding carboxylic acids is 2. The van der Waals surface area contributed by atoms with Gasteiger partial charge < -0.3 is 10.1 Å². The summed E-state index contributed by atoms with van der Waals surface area (Å²) in [6.45, 7) is 4.47. The average Bonchev–Trinajstić information content (AvgIpc) is 2.85. The highest BCUT2D eigenvalue weighted by atomic mass is 32.2. The van der Waals surface area contributed by atoms with Crippen LogP contribution in [-0.2, 0) is 24.3 Å². The number of sulfonamides is 1. The Bertz CT molecular complexity index is 896. The molecule has 1 heterocycles. The first kappa shape index (κ1) is 25.6. The Kier molecular flexibility index (Phi) is 9.21. The van der Waals surface area contributed by atoms with Crippen molar-refractivity contribution in [1.82, 2.24) is 14.7 Å². The molecule has 1 aromatic rings. The average molecular weight is 483 g/mol. The van der Waals surface area contributed by atoms with Crippen molar-refractivity contribution in [2.24, 2.45) is 5.92 Å². The molecule has 3 rings (SSSR count). The lowest BCUT2D eigenvalue weighted by molar-refractivity contribution is -0.132. The molecule has 0 bridgehead atoms. The fraction of sp³-hybridized carbons (Fsp3) is 0.636. The van der Waals surface area contributed by atoms with E-state index in [4.69, 9.17) is 9.94 Å². The van der Waals surface area contributed by atoms with Crippen LogP contribution >= 0.6 is 0 Å². The molecule has 3 N–H and O–H groups in total. The summed E-state index contributed by atoms with van der Waals surface area (Å²) in [6.07, 6.45) is 5.01. The maximum atomic E-state index is 13.4. The molecule has 1 aliphatic carbocycles. The van der Waals surface area contributed by atoms with Crippen molar-refractivity contribution in [3.05, 3.63) is 24.3 Å². The highest BCUT2D eigenvalue weighted by Gasteiger charge is 2.33. The second-order valence-electron chi connectivity index (χ2n) is 8.57. The molecule has 11 heteroatoms. The van der Waals surface area contributed by atoms with Crippen molar-refractivity contribution in [3.63, 3.8) is 0 Å². The third kappa shape index (κ3) is 6.73. The molecule has 1 saturated carbocycles. The number of carbonyl (C=O) groups is 2. The maximum Gasteiger partial charge on any atom is 0.261 e. The van der Waals surface area contributed by atoms with Crippen LogP contribution < -0.4 is 10.8 Å². The summed E-state index contributed by atoms with van der Waals surface area (Å²) in [4.78, 5) is 26.6. The molecule has 2 amide bonds. The van der Waals surface area contributed by atoms with E-state index in [1.807, 2.05) is 0 Å². The second kappa shape index (κ2) is 11.9. The summed E-state index contributed by atoms with van der Waals surface area (Å²) in [7, 11) is -4.03. The molecule has 1 aliphatic heterocycles. The second-order valence-corrected chi connectivity index (χ2v) is 10.5. The monoisotopic (exact) mass is 482 g/mol. The molecule has 0 spiro atoms. The lowest BCUT2D eigenvalue weighted by Crippen LogP contribution is -2.50. The number of nitrogens with one attached hydrogen (secondary N) is 2. The summed E-state index contributed by atoms with van der Waals surface area (Å²) in [5.74, 6) is -0.849. The number of hydrogen-bond acceptors (Lipinski definition) is 7. The van der Waals surface area contributed by atoms with Crippen LogP contribution in [0.3, 0.4) is 0 Å². The van der Waals surface area contributed by atoms with E-state index in [0.29, 0.717) is 38.5 Å². The Morgan fingerprint density at radius 1 is 1.15 bits per heavy atom. The molecule has 0 unspecified atom stereocenters. The normalized spacial score (nSPS) is 19.2. The van der Waals surface area contributed by atoms with Crippen LogP contribution in [0.5, 0.6) is 0 Å². The molecular weight excluding hydrogens is 448 g/mol. The molecular formula is C22H34N4O6S. The predicted octanol–water partition coefficient (Wildman–Crippen LogP) is 1.42. The Labute approximate surface area is 195 Å². The first-order chi connectivity index (χ1) is 15.8. The van der Waals surface area contributed by atoms with Crippen molar-refractivity contribution in [3.8, 4) is 0 Å². The maximum absolute atomic E-state index is 13.4. The smallest absolute Gasteiger partial charge is 0.261 e. The van der Waals surface area contributed by atoms with Crippen LogP contribution in [0.15, 0.2) is 29.2 Å². The number of hydrogen-bond donors (Lipinski definition) is 3.